The zero-order chi connectivity index (χ0) is 24.8. The van der Waals surface area contributed by atoms with Gasteiger partial charge in [-0.05, 0) is 72.7 Å². The number of anilines is 2. The van der Waals surface area contributed by atoms with Crippen LogP contribution in [0.1, 0.15) is 12.0 Å². The molecule has 1 aliphatic rings. The summed E-state index contributed by atoms with van der Waals surface area (Å²) in [5.41, 5.74) is 2.40. The van der Waals surface area contributed by atoms with Gasteiger partial charge in [0.1, 0.15) is 17.5 Å². The van der Waals surface area contributed by atoms with Gasteiger partial charge in [-0.3, -0.25) is 14.5 Å². The molecule has 0 spiro atoms. The first-order valence-electron chi connectivity index (χ1n) is 11.3. The number of amides is 2. The van der Waals surface area contributed by atoms with E-state index < -0.39 is 6.04 Å². The summed E-state index contributed by atoms with van der Waals surface area (Å²) in [7, 11) is 3.17. The molecule has 1 unspecified atom stereocenters. The quantitative estimate of drug-likeness (QED) is 0.453. The molecule has 0 aliphatic carbocycles. The molecule has 1 fully saturated rings. The van der Waals surface area contributed by atoms with Crippen molar-refractivity contribution in [1.82, 2.24) is 4.90 Å². The van der Waals surface area contributed by atoms with Crippen LogP contribution in [-0.2, 0) is 16.0 Å². The Kier molecular flexibility index (Phi) is 7.62. The summed E-state index contributed by atoms with van der Waals surface area (Å²) in [6, 6.07) is 23.5. The van der Waals surface area contributed by atoms with Crippen LogP contribution in [0.25, 0.3) is 0 Å². The van der Waals surface area contributed by atoms with E-state index in [1.54, 1.807) is 62.8 Å². The first kappa shape index (κ1) is 24.2. The molecule has 4 rings (SSSR count). The lowest BCUT2D eigenvalue weighted by Crippen LogP contribution is -2.39. The van der Waals surface area contributed by atoms with Gasteiger partial charge in [0.25, 0.3) is 5.91 Å². The van der Waals surface area contributed by atoms with Crippen LogP contribution in [0.15, 0.2) is 78.9 Å². The van der Waals surface area contributed by atoms with Crippen LogP contribution in [0.5, 0.6) is 11.5 Å². The number of benzene rings is 3. The lowest BCUT2D eigenvalue weighted by atomic mass is 10.1. The van der Waals surface area contributed by atoms with E-state index in [9.17, 15) is 9.59 Å². The highest BCUT2D eigenvalue weighted by Crippen LogP contribution is 2.29. The minimum atomic E-state index is -0.702. The van der Waals surface area contributed by atoms with Crippen molar-refractivity contribution in [3.05, 3.63) is 84.4 Å². The third-order valence-electron chi connectivity index (χ3n) is 5.89. The second-order valence-corrected chi connectivity index (χ2v) is 8.44. The number of thiocarbonyl (C=S) groups is 1. The summed E-state index contributed by atoms with van der Waals surface area (Å²) >= 11 is 5.74. The molecular formula is C27H27N3O4S. The van der Waals surface area contributed by atoms with Gasteiger partial charge in [-0.2, -0.15) is 0 Å². The van der Waals surface area contributed by atoms with Crippen LogP contribution >= 0.6 is 12.2 Å². The lowest BCUT2D eigenvalue weighted by Gasteiger charge is -2.24. The monoisotopic (exact) mass is 489 g/mol. The number of nitrogens with one attached hydrogen (secondary N) is 1. The predicted molar refractivity (Wildman–Crippen MR) is 140 cm³/mol. The van der Waals surface area contributed by atoms with Crippen LogP contribution in [0, 0.1) is 0 Å². The normalized spacial score (nSPS) is 15.3. The van der Waals surface area contributed by atoms with Crippen molar-refractivity contribution in [2.24, 2.45) is 0 Å². The molecule has 8 heteroatoms. The fourth-order valence-electron chi connectivity index (χ4n) is 4.01. The highest BCUT2D eigenvalue weighted by Gasteiger charge is 2.43. The molecule has 0 aromatic heterocycles. The van der Waals surface area contributed by atoms with Crippen molar-refractivity contribution in [1.29, 1.82) is 0 Å². The van der Waals surface area contributed by atoms with Crippen LogP contribution in [0.3, 0.4) is 0 Å². The van der Waals surface area contributed by atoms with E-state index in [0.29, 0.717) is 41.0 Å². The Labute approximate surface area is 210 Å². The smallest absolute Gasteiger partial charge is 0.256 e. The number of methoxy groups -OCH3 is 2. The molecule has 180 valence electrons. The number of rotatable bonds is 9. The van der Waals surface area contributed by atoms with Crippen LogP contribution in [0.4, 0.5) is 11.4 Å². The van der Waals surface area contributed by atoms with Crippen LogP contribution < -0.4 is 19.7 Å². The first-order chi connectivity index (χ1) is 17.0. The first-order valence-corrected chi connectivity index (χ1v) is 11.7. The molecule has 1 N–H and O–H groups in total. The van der Waals surface area contributed by atoms with Crippen molar-refractivity contribution in [2.45, 2.75) is 18.9 Å². The molecule has 2 amide bonds. The molecule has 1 atom stereocenters. The van der Waals surface area contributed by atoms with Gasteiger partial charge < -0.3 is 19.7 Å². The summed E-state index contributed by atoms with van der Waals surface area (Å²) in [6.45, 7) is 0.516. The molecule has 1 aliphatic heterocycles. The largest absolute Gasteiger partial charge is 0.497 e. The van der Waals surface area contributed by atoms with E-state index in [0.717, 1.165) is 5.56 Å². The number of ether oxygens (including phenoxy) is 2. The highest BCUT2D eigenvalue weighted by atomic mass is 32.1. The molecule has 3 aromatic carbocycles. The Morgan fingerprint density at radius 3 is 2.11 bits per heavy atom. The van der Waals surface area contributed by atoms with E-state index in [1.165, 1.54) is 4.90 Å². The average Bonchev–Trinajstić information content (AvgIpc) is 3.12. The fourth-order valence-corrected chi connectivity index (χ4v) is 4.43. The van der Waals surface area contributed by atoms with Gasteiger partial charge in [0.2, 0.25) is 5.91 Å². The Hall–Kier alpha value is -3.91. The Morgan fingerprint density at radius 2 is 1.51 bits per heavy atom. The topological polar surface area (TPSA) is 71.1 Å². The standard InChI is InChI=1S/C27H27N3O4S/c1-33-22-12-8-20(9-13-22)28-25(31)18-24-26(32)30(21-10-14-23(34-2)15-11-21)27(35)29(24)17-16-19-6-4-3-5-7-19/h3-15,24H,16-18H2,1-2H3,(H,28,31). The third-order valence-corrected chi connectivity index (χ3v) is 6.30. The summed E-state index contributed by atoms with van der Waals surface area (Å²) in [5, 5.41) is 3.26. The van der Waals surface area contributed by atoms with Gasteiger partial charge in [-0.25, -0.2) is 0 Å². The summed E-state index contributed by atoms with van der Waals surface area (Å²) in [5.74, 6) is 0.889. The van der Waals surface area contributed by atoms with Crippen molar-refractivity contribution >= 4 is 40.5 Å². The van der Waals surface area contributed by atoms with Crippen LogP contribution in [0.2, 0.25) is 0 Å². The van der Waals surface area contributed by atoms with Crippen molar-refractivity contribution in [3.8, 4) is 11.5 Å². The van der Waals surface area contributed by atoms with Gasteiger partial charge in [0.15, 0.2) is 5.11 Å². The summed E-state index contributed by atoms with van der Waals surface area (Å²) in [6.07, 6.45) is 0.674. The molecule has 0 bridgehead atoms. The maximum Gasteiger partial charge on any atom is 0.256 e. The zero-order valence-electron chi connectivity index (χ0n) is 19.6. The van der Waals surface area contributed by atoms with Crippen molar-refractivity contribution in [3.63, 3.8) is 0 Å². The van der Waals surface area contributed by atoms with Gasteiger partial charge >= 0.3 is 0 Å². The maximum absolute atomic E-state index is 13.5. The molecule has 7 nitrogen and oxygen atoms in total. The third kappa shape index (κ3) is 5.60. The molecule has 0 radical (unpaired) electrons. The van der Waals surface area contributed by atoms with Crippen molar-refractivity contribution < 1.29 is 19.1 Å². The average molecular weight is 490 g/mol. The van der Waals surface area contributed by atoms with Gasteiger partial charge in [0, 0.05) is 12.2 Å². The maximum atomic E-state index is 13.5. The van der Waals surface area contributed by atoms with Gasteiger partial charge in [-0.1, -0.05) is 30.3 Å². The summed E-state index contributed by atoms with van der Waals surface area (Å²) < 4.78 is 10.4. The van der Waals surface area contributed by atoms with E-state index in [2.05, 4.69) is 5.32 Å². The minimum absolute atomic E-state index is 0.0214. The number of carbonyl (C=O) groups excluding carboxylic acids is 2. The van der Waals surface area contributed by atoms with E-state index in [4.69, 9.17) is 21.7 Å². The van der Waals surface area contributed by atoms with E-state index in [1.807, 2.05) is 35.2 Å². The predicted octanol–water partition coefficient (Wildman–Crippen LogP) is 4.28. The molecule has 1 heterocycles. The zero-order valence-corrected chi connectivity index (χ0v) is 20.5. The second kappa shape index (κ2) is 11.0. The SMILES string of the molecule is COc1ccc(NC(=O)CC2C(=O)N(c3ccc(OC)cc3)C(=S)N2CCc2ccccc2)cc1. The van der Waals surface area contributed by atoms with Crippen molar-refractivity contribution in [2.75, 3.05) is 31.0 Å². The molecular weight excluding hydrogens is 462 g/mol. The number of hydrogen-bond acceptors (Lipinski definition) is 5. The highest BCUT2D eigenvalue weighted by molar-refractivity contribution is 7.80. The number of carbonyl (C=O) groups is 2. The molecule has 35 heavy (non-hydrogen) atoms. The van der Waals surface area contributed by atoms with Gasteiger partial charge in [0.05, 0.1) is 26.3 Å². The molecule has 3 aromatic rings. The Bertz CT molecular complexity index is 1180. The lowest BCUT2D eigenvalue weighted by molar-refractivity contribution is -0.124. The fraction of sp³-hybridized carbons (Fsp3) is 0.222. The van der Waals surface area contributed by atoms with E-state index >= 15 is 0 Å². The Morgan fingerprint density at radius 1 is 0.914 bits per heavy atom. The minimum Gasteiger partial charge on any atom is -0.497 e. The van der Waals surface area contributed by atoms with E-state index in [-0.39, 0.29) is 18.2 Å². The number of nitrogens with zero attached hydrogens (tertiary/aromatic N) is 2. The number of hydrogen-bond donors (Lipinski definition) is 1. The summed E-state index contributed by atoms with van der Waals surface area (Å²) in [4.78, 5) is 29.8. The molecule has 1 saturated heterocycles. The Balaban J connectivity index is 1.54. The van der Waals surface area contributed by atoms with Gasteiger partial charge in [-0.15, -0.1) is 0 Å². The molecule has 0 saturated carbocycles. The second-order valence-electron chi connectivity index (χ2n) is 8.08. The van der Waals surface area contributed by atoms with Crippen LogP contribution in [-0.4, -0.2) is 48.6 Å².